The molecule has 1 atom stereocenters. The Hall–Kier alpha value is -3.38. The second kappa shape index (κ2) is 9.62. The number of hydrogen-bond donors (Lipinski definition) is 1. The largest absolute Gasteiger partial charge is 0.465 e. The molecule has 8 nitrogen and oxygen atoms in total. The number of aromatic nitrogens is 2. The molecule has 0 radical (unpaired) electrons. The van der Waals surface area contributed by atoms with E-state index in [9.17, 15) is 18.8 Å². The SMILES string of the molecule is CC#CCn1c(N2CCC[C@@H](N)C2)cc(=O)n(Cc2cccc(F)c2C(=O)OC)c1=O. The summed E-state index contributed by atoms with van der Waals surface area (Å²) in [6.07, 6.45) is 1.73. The van der Waals surface area contributed by atoms with Crippen LogP contribution in [0.15, 0.2) is 33.9 Å². The summed E-state index contributed by atoms with van der Waals surface area (Å²) < 4.78 is 21.3. The number of benzene rings is 1. The Kier molecular flexibility index (Phi) is 6.92. The molecule has 2 N–H and O–H groups in total. The molecule has 1 aliphatic heterocycles. The first-order valence-electron chi connectivity index (χ1n) is 9.97. The average molecular weight is 428 g/mol. The number of piperidine rings is 1. The molecule has 0 bridgehead atoms. The van der Waals surface area contributed by atoms with Crippen molar-refractivity contribution < 1.29 is 13.9 Å². The quantitative estimate of drug-likeness (QED) is 0.562. The normalized spacial score (nSPS) is 15.9. The summed E-state index contributed by atoms with van der Waals surface area (Å²) in [5.74, 6) is 4.41. The molecule has 164 valence electrons. The Labute approximate surface area is 179 Å². The minimum Gasteiger partial charge on any atom is -0.465 e. The van der Waals surface area contributed by atoms with Crippen molar-refractivity contribution in [3.05, 3.63) is 62.0 Å². The summed E-state index contributed by atoms with van der Waals surface area (Å²) in [6.45, 7) is 2.67. The van der Waals surface area contributed by atoms with Crippen LogP contribution >= 0.6 is 0 Å². The van der Waals surface area contributed by atoms with Gasteiger partial charge in [0, 0.05) is 25.2 Å². The van der Waals surface area contributed by atoms with Gasteiger partial charge in [-0.15, -0.1) is 5.92 Å². The summed E-state index contributed by atoms with van der Waals surface area (Å²) in [7, 11) is 1.14. The van der Waals surface area contributed by atoms with Gasteiger partial charge in [-0.2, -0.15) is 0 Å². The highest BCUT2D eigenvalue weighted by molar-refractivity contribution is 5.91. The van der Waals surface area contributed by atoms with Gasteiger partial charge in [0.05, 0.1) is 20.2 Å². The van der Waals surface area contributed by atoms with Crippen LogP contribution < -0.4 is 21.9 Å². The fraction of sp³-hybridized carbons (Fsp3) is 0.409. The maximum atomic E-state index is 14.3. The molecular formula is C22H25FN4O4. The monoisotopic (exact) mass is 428 g/mol. The molecule has 0 spiro atoms. The number of nitrogens with two attached hydrogens (primary N) is 1. The molecule has 1 aromatic carbocycles. The van der Waals surface area contributed by atoms with E-state index in [1.807, 2.05) is 4.90 Å². The lowest BCUT2D eigenvalue weighted by Gasteiger charge is -2.33. The van der Waals surface area contributed by atoms with Gasteiger partial charge in [-0.05, 0) is 31.4 Å². The van der Waals surface area contributed by atoms with Gasteiger partial charge in [0.15, 0.2) is 0 Å². The zero-order valence-corrected chi connectivity index (χ0v) is 17.6. The van der Waals surface area contributed by atoms with E-state index in [0.29, 0.717) is 18.9 Å². The zero-order chi connectivity index (χ0) is 22.5. The number of ether oxygens (including phenoxy) is 1. The summed E-state index contributed by atoms with van der Waals surface area (Å²) in [5, 5.41) is 0. The van der Waals surface area contributed by atoms with Gasteiger partial charge in [-0.25, -0.2) is 14.0 Å². The van der Waals surface area contributed by atoms with Crippen LogP contribution in [0.5, 0.6) is 0 Å². The Balaban J connectivity index is 2.12. The van der Waals surface area contributed by atoms with Crippen molar-refractivity contribution in [3.8, 4) is 11.8 Å². The van der Waals surface area contributed by atoms with Crippen molar-refractivity contribution in [2.24, 2.45) is 5.73 Å². The zero-order valence-electron chi connectivity index (χ0n) is 17.6. The summed E-state index contributed by atoms with van der Waals surface area (Å²) in [4.78, 5) is 40.1. The van der Waals surface area contributed by atoms with Crippen LogP contribution in [0.25, 0.3) is 0 Å². The van der Waals surface area contributed by atoms with Crippen LogP contribution in [0.4, 0.5) is 10.2 Å². The van der Waals surface area contributed by atoms with Gasteiger partial charge in [-0.3, -0.25) is 13.9 Å². The van der Waals surface area contributed by atoms with E-state index >= 15 is 0 Å². The number of anilines is 1. The van der Waals surface area contributed by atoms with Crippen LogP contribution in [0.2, 0.25) is 0 Å². The van der Waals surface area contributed by atoms with E-state index < -0.39 is 23.0 Å². The minimum atomic E-state index is -0.878. The van der Waals surface area contributed by atoms with Crippen LogP contribution in [-0.4, -0.2) is 41.3 Å². The first-order valence-corrected chi connectivity index (χ1v) is 9.97. The van der Waals surface area contributed by atoms with Crippen molar-refractivity contribution in [1.29, 1.82) is 0 Å². The molecule has 1 fully saturated rings. The summed E-state index contributed by atoms with van der Waals surface area (Å²) in [6, 6.07) is 5.33. The number of hydrogen-bond acceptors (Lipinski definition) is 6. The smallest absolute Gasteiger partial charge is 0.341 e. The standard InChI is InChI=1S/C22H25FN4O4/c1-3-4-11-26-18(25-10-6-8-16(24)14-25)12-19(28)27(22(26)30)13-15-7-5-9-17(23)20(15)21(29)31-2/h5,7,9,12,16H,6,8,10-11,13-14,24H2,1-2H3/t16-/m1/s1. The van der Waals surface area contributed by atoms with Crippen LogP contribution in [0.1, 0.15) is 35.7 Å². The molecule has 2 aromatic rings. The van der Waals surface area contributed by atoms with Gasteiger partial charge in [-0.1, -0.05) is 18.1 Å². The van der Waals surface area contributed by atoms with Gasteiger partial charge in [0.25, 0.3) is 5.56 Å². The number of nitrogens with zero attached hydrogens (tertiary/aromatic N) is 3. The van der Waals surface area contributed by atoms with Crippen LogP contribution in [0.3, 0.4) is 0 Å². The molecule has 0 saturated carbocycles. The highest BCUT2D eigenvalue weighted by Crippen LogP contribution is 2.18. The highest BCUT2D eigenvalue weighted by atomic mass is 19.1. The van der Waals surface area contributed by atoms with E-state index in [-0.39, 0.29) is 30.3 Å². The third kappa shape index (κ3) is 4.70. The second-order valence-electron chi connectivity index (χ2n) is 7.34. The first kappa shape index (κ1) is 22.3. The molecule has 0 unspecified atom stereocenters. The van der Waals surface area contributed by atoms with Crippen molar-refractivity contribution in [3.63, 3.8) is 0 Å². The minimum absolute atomic E-state index is 0.0492. The number of carbonyl (C=O) groups excluding carboxylic acids is 1. The molecule has 9 heteroatoms. The van der Waals surface area contributed by atoms with Crippen molar-refractivity contribution in [1.82, 2.24) is 9.13 Å². The topological polar surface area (TPSA) is 99.6 Å². The van der Waals surface area contributed by atoms with E-state index in [1.165, 1.54) is 22.8 Å². The number of methoxy groups -OCH3 is 1. The fourth-order valence-corrected chi connectivity index (χ4v) is 3.74. The first-order chi connectivity index (χ1) is 14.9. The Bertz CT molecular complexity index is 1160. The van der Waals surface area contributed by atoms with Gasteiger partial charge < -0.3 is 15.4 Å². The second-order valence-corrected chi connectivity index (χ2v) is 7.34. The Morgan fingerprint density at radius 3 is 2.77 bits per heavy atom. The van der Waals surface area contributed by atoms with Crippen LogP contribution in [0, 0.1) is 17.7 Å². The molecule has 1 aromatic heterocycles. The van der Waals surface area contributed by atoms with Crippen molar-refractivity contribution in [2.45, 2.75) is 38.9 Å². The summed E-state index contributed by atoms with van der Waals surface area (Å²) >= 11 is 0. The van der Waals surface area contributed by atoms with E-state index in [1.54, 1.807) is 6.92 Å². The highest BCUT2D eigenvalue weighted by Gasteiger charge is 2.23. The molecule has 3 rings (SSSR count). The predicted molar refractivity (Wildman–Crippen MR) is 115 cm³/mol. The predicted octanol–water partition coefficient (Wildman–Crippen LogP) is 0.935. The lowest BCUT2D eigenvalue weighted by molar-refractivity contribution is 0.0594. The van der Waals surface area contributed by atoms with Crippen LogP contribution in [-0.2, 0) is 17.8 Å². The van der Waals surface area contributed by atoms with Gasteiger partial charge in [0.2, 0.25) is 0 Å². The number of halogens is 1. The number of esters is 1. The Morgan fingerprint density at radius 2 is 2.10 bits per heavy atom. The van der Waals surface area contributed by atoms with E-state index in [0.717, 1.165) is 30.6 Å². The van der Waals surface area contributed by atoms with E-state index in [4.69, 9.17) is 5.73 Å². The molecule has 31 heavy (non-hydrogen) atoms. The van der Waals surface area contributed by atoms with Crippen molar-refractivity contribution in [2.75, 3.05) is 25.1 Å². The Morgan fingerprint density at radius 1 is 1.32 bits per heavy atom. The maximum absolute atomic E-state index is 14.3. The van der Waals surface area contributed by atoms with Gasteiger partial charge >= 0.3 is 11.7 Å². The van der Waals surface area contributed by atoms with E-state index in [2.05, 4.69) is 16.6 Å². The molecule has 1 saturated heterocycles. The fourth-order valence-electron chi connectivity index (χ4n) is 3.74. The third-order valence-electron chi connectivity index (χ3n) is 5.27. The molecule has 0 amide bonds. The third-order valence-corrected chi connectivity index (χ3v) is 5.27. The maximum Gasteiger partial charge on any atom is 0.341 e. The lowest BCUT2D eigenvalue weighted by Crippen LogP contribution is -2.48. The average Bonchev–Trinajstić information content (AvgIpc) is 2.75. The number of rotatable bonds is 5. The van der Waals surface area contributed by atoms with Gasteiger partial charge in [0.1, 0.15) is 17.2 Å². The molecular weight excluding hydrogens is 403 g/mol. The summed E-state index contributed by atoms with van der Waals surface area (Å²) in [5.41, 5.74) is 4.79. The number of carbonyl (C=O) groups is 1. The molecule has 2 heterocycles. The lowest BCUT2D eigenvalue weighted by atomic mass is 10.1. The van der Waals surface area contributed by atoms with Crippen molar-refractivity contribution >= 4 is 11.8 Å². The molecule has 0 aliphatic carbocycles. The molecule has 1 aliphatic rings.